The molecule has 0 spiro atoms. The summed E-state index contributed by atoms with van der Waals surface area (Å²) in [6, 6.07) is 4.42. The first kappa shape index (κ1) is 31.6. The minimum absolute atomic E-state index is 0.0528. The lowest BCUT2D eigenvalue weighted by Crippen LogP contribution is -2.59. The Morgan fingerprint density at radius 1 is 0.811 bits per heavy atom. The van der Waals surface area contributed by atoms with Gasteiger partial charge < -0.3 is 31.9 Å². The molecule has 0 heterocycles. The van der Waals surface area contributed by atoms with Gasteiger partial charge in [0.1, 0.15) is 18.1 Å². The maximum Gasteiger partial charge on any atom is 0.326 e. The van der Waals surface area contributed by atoms with Crippen LogP contribution >= 0.6 is 0 Å². The molecule has 0 saturated carbocycles. The van der Waals surface area contributed by atoms with Crippen LogP contribution in [0.15, 0.2) is 30.3 Å². The lowest BCUT2D eigenvalue weighted by atomic mass is 9.95. The Labute approximate surface area is 217 Å². The molecule has 1 rings (SSSR count). The molecule has 7 N–H and O–H groups in total. The van der Waals surface area contributed by atoms with Gasteiger partial charge in [0.05, 0.1) is 6.04 Å². The zero-order valence-corrected chi connectivity index (χ0v) is 21.9. The molecule has 0 radical (unpaired) electrons. The number of carbonyl (C=O) groups excluding carboxylic acids is 3. The molecule has 0 bridgehead atoms. The second-order valence-corrected chi connectivity index (χ2v) is 9.37. The predicted octanol–water partition coefficient (Wildman–Crippen LogP) is 1.05. The molecule has 206 valence electrons. The fourth-order valence-electron chi connectivity index (χ4n) is 3.58. The van der Waals surface area contributed by atoms with Crippen molar-refractivity contribution >= 4 is 29.7 Å². The van der Waals surface area contributed by atoms with E-state index in [1.807, 2.05) is 20.8 Å². The van der Waals surface area contributed by atoms with Crippen LogP contribution in [0.2, 0.25) is 0 Å². The molecule has 6 unspecified atom stereocenters. The lowest BCUT2D eigenvalue weighted by molar-refractivity contribution is -0.143. The first-order valence-electron chi connectivity index (χ1n) is 12.6. The third-order valence-electron chi connectivity index (χ3n) is 6.53. The van der Waals surface area contributed by atoms with E-state index in [1.165, 1.54) is 0 Å². The van der Waals surface area contributed by atoms with Crippen molar-refractivity contribution in [2.75, 3.05) is 0 Å². The summed E-state index contributed by atoms with van der Waals surface area (Å²) in [6.45, 7) is 7.40. The van der Waals surface area contributed by atoms with Gasteiger partial charge in [-0.3, -0.25) is 19.2 Å². The van der Waals surface area contributed by atoms with E-state index < -0.39 is 60.2 Å². The summed E-state index contributed by atoms with van der Waals surface area (Å²) in [5.41, 5.74) is 6.75. The van der Waals surface area contributed by atoms with Gasteiger partial charge in [-0.05, 0) is 23.8 Å². The molecule has 0 fully saturated rings. The van der Waals surface area contributed by atoms with Crippen LogP contribution in [0.4, 0.5) is 0 Å². The average molecular weight is 521 g/mol. The standard InChI is InChI=1S/C26H40N4O7/c1-5-15(3)21(27)24(34)30-22(16(4)6-2)25(35)29-19(14-17-10-8-7-9-11-17)23(33)28-18(26(36)37)12-13-20(31)32/h7-11,15-16,18-19,21-22H,5-6,12-14,27H2,1-4H3,(H,28,33)(H,29,35)(H,30,34)(H,31,32)(H,36,37). The van der Waals surface area contributed by atoms with Crippen molar-refractivity contribution in [1.82, 2.24) is 16.0 Å². The highest BCUT2D eigenvalue weighted by molar-refractivity contribution is 5.94. The molecule has 0 aromatic heterocycles. The Kier molecular flexibility index (Phi) is 13.3. The van der Waals surface area contributed by atoms with Gasteiger partial charge in [-0.15, -0.1) is 0 Å². The number of amides is 3. The molecular weight excluding hydrogens is 480 g/mol. The van der Waals surface area contributed by atoms with Crippen LogP contribution in [-0.2, 0) is 30.4 Å². The predicted molar refractivity (Wildman–Crippen MR) is 137 cm³/mol. The third-order valence-corrected chi connectivity index (χ3v) is 6.53. The number of hydrogen-bond donors (Lipinski definition) is 6. The largest absolute Gasteiger partial charge is 0.481 e. The van der Waals surface area contributed by atoms with E-state index in [4.69, 9.17) is 10.8 Å². The van der Waals surface area contributed by atoms with Crippen molar-refractivity contribution in [3.05, 3.63) is 35.9 Å². The van der Waals surface area contributed by atoms with Crippen LogP contribution in [-0.4, -0.2) is 64.0 Å². The topological polar surface area (TPSA) is 188 Å². The van der Waals surface area contributed by atoms with E-state index in [-0.39, 0.29) is 24.7 Å². The van der Waals surface area contributed by atoms with Crippen molar-refractivity contribution in [2.45, 2.75) is 84.0 Å². The number of benzene rings is 1. The first-order chi connectivity index (χ1) is 17.4. The summed E-state index contributed by atoms with van der Waals surface area (Å²) >= 11 is 0. The molecule has 11 heteroatoms. The number of nitrogens with one attached hydrogen (secondary N) is 3. The zero-order valence-electron chi connectivity index (χ0n) is 21.9. The molecule has 6 atom stereocenters. The summed E-state index contributed by atoms with van der Waals surface area (Å²) in [5, 5.41) is 26.0. The van der Waals surface area contributed by atoms with E-state index in [9.17, 15) is 29.1 Å². The van der Waals surface area contributed by atoms with E-state index >= 15 is 0 Å². The molecule has 0 aliphatic heterocycles. The number of nitrogens with two attached hydrogens (primary N) is 1. The smallest absolute Gasteiger partial charge is 0.326 e. The molecular formula is C26H40N4O7. The quantitative estimate of drug-likeness (QED) is 0.186. The van der Waals surface area contributed by atoms with Crippen LogP contribution in [0.25, 0.3) is 0 Å². The minimum Gasteiger partial charge on any atom is -0.481 e. The summed E-state index contributed by atoms with van der Waals surface area (Å²) in [5.74, 6) is -4.82. The highest BCUT2D eigenvalue weighted by atomic mass is 16.4. The Morgan fingerprint density at radius 2 is 1.38 bits per heavy atom. The Balaban J connectivity index is 3.16. The van der Waals surface area contributed by atoms with Gasteiger partial charge in [0.15, 0.2) is 0 Å². The van der Waals surface area contributed by atoms with E-state index in [0.29, 0.717) is 18.4 Å². The Hall–Kier alpha value is -3.47. The van der Waals surface area contributed by atoms with Crippen LogP contribution in [0.1, 0.15) is 58.9 Å². The Bertz CT molecular complexity index is 925. The summed E-state index contributed by atoms with van der Waals surface area (Å²) in [4.78, 5) is 61.7. The maximum atomic E-state index is 13.3. The second-order valence-electron chi connectivity index (χ2n) is 9.37. The molecule has 1 aromatic carbocycles. The molecule has 0 saturated heterocycles. The molecule has 0 aliphatic carbocycles. The monoisotopic (exact) mass is 520 g/mol. The van der Waals surface area contributed by atoms with Gasteiger partial charge in [0, 0.05) is 12.8 Å². The summed E-state index contributed by atoms with van der Waals surface area (Å²) < 4.78 is 0. The SMILES string of the molecule is CCC(C)C(N)C(=O)NC(C(=O)NC(Cc1ccccc1)C(=O)NC(CCC(=O)O)C(=O)O)C(C)CC. The van der Waals surface area contributed by atoms with Crippen LogP contribution in [0.5, 0.6) is 0 Å². The highest BCUT2D eigenvalue weighted by Gasteiger charge is 2.33. The van der Waals surface area contributed by atoms with Crippen LogP contribution in [0.3, 0.4) is 0 Å². The van der Waals surface area contributed by atoms with Crippen LogP contribution in [0, 0.1) is 11.8 Å². The molecule has 0 aliphatic rings. The van der Waals surface area contributed by atoms with Gasteiger partial charge in [-0.1, -0.05) is 70.9 Å². The van der Waals surface area contributed by atoms with Crippen LogP contribution < -0.4 is 21.7 Å². The number of aliphatic carboxylic acids is 2. The number of carboxylic acids is 2. The number of carboxylic acid groups (broad SMARTS) is 2. The van der Waals surface area contributed by atoms with Crippen molar-refractivity contribution in [3.63, 3.8) is 0 Å². The van der Waals surface area contributed by atoms with E-state index in [1.54, 1.807) is 37.3 Å². The summed E-state index contributed by atoms with van der Waals surface area (Å²) in [6.07, 6.45) is 0.522. The van der Waals surface area contributed by atoms with Gasteiger partial charge in [0.25, 0.3) is 0 Å². The Morgan fingerprint density at radius 3 is 1.89 bits per heavy atom. The average Bonchev–Trinajstić information content (AvgIpc) is 2.87. The van der Waals surface area contributed by atoms with Crippen molar-refractivity contribution in [1.29, 1.82) is 0 Å². The van der Waals surface area contributed by atoms with Gasteiger partial charge in [-0.25, -0.2) is 4.79 Å². The fraction of sp³-hybridized carbons (Fsp3) is 0.577. The fourth-order valence-corrected chi connectivity index (χ4v) is 3.58. The van der Waals surface area contributed by atoms with Gasteiger partial charge in [0.2, 0.25) is 17.7 Å². The third kappa shape index (κ3) is 10.6. The first-order valence-corrected chi connectivity index (χ1v) is 12.6. The van der Waals surface area contributed by atoms with E-state index in [0.717, 1.165) is 0 Å². The number of hydrogen-bond acceptors (Lipinski definition) is 6. The molecule has 37 heavy (non-hydrogen) atoms. The minimum atomic E-state index is -1.45. The number of rotatable bonds is 16. The van der Waals surface area contributed by atoms with Gasteiger partial charge >= 0.3 is 11.9 Å². The summed E-state index contributed by atoms with van der Waals surface area (Å²) in [7, 11) is 0. The molecule has 3 amide bonds. The maximum absolute atomic E-state index is 13.3. The second kappa shape index (κ2) is 15.6. The zero-order chi connectivity index (χ0) is 28.1. The van der Waals surface area contributed by atoms with Crippen molar-refractivity contribution in [2.24, 2.45) is 17.6 Å². The number of carbonyl (C=O) groups is 5. The van der Waals surface area contributed by atoms with Crippen molar-refractivity contribution < 1.29 is 34.2 Å². The lowest BCUT2D eigenvalue weighted by Gasteiger charge is -2.29. The highest BCUT2D eigenvalue weighted by Crippen LogP contribution is 2.12. The molecule has 1 aromatic rings. The van der Waals surface area contributed by atoms with E-state index in [2.05, 4.69) is 16.0 Å². The normalized spacial score (nSPS) is 15.8. The van der Waals surface area contributed by atoms with Crippen molar-refractivity contribution in [3.8, 4) is 0 Å². The van der Waals surface area contributed by atoms with Gasteiger partial charge in [-0.2, -0.15) is 0 Å². The molecule has 11 nitrogen and oxygen atoms in total.